The standard InChI is InChI=1S/C11H17N3O5S/c1-18-10-3-2-8(20(13,16)17)6-9(10)14-11(15)7-19-5-4-12/h2-3,6H,4-5,7,12H2,1H3,(H,14,15)(H2,13,16,17). The van der Waals surface area contributed by atoms with E-state index < -0.39 is 15.9 Å². The minimum atomic E-state index is -3.86. The maximum Gasteiger partial charge on any atom is 0.250 e. The zero-order valence-electron chi connectivity index (χ0n) is 11.0. The van der Waals surface area contributed by atoms with E-state index in [0.29, 0.717) is 12.3 Å². The van der Waals surface area contributed by atoms with Gasteiger partial charge in [-0.25, -0.2) is 13.6 Å². The van der Waals surface area contributed by atoms with Gasteiger partial charge in [-0.1, -0.05) is 0 Å². The van der Waals surface area contributed by atoms with Gasteiger partial charge in [-0.3, -0.25) is 4.79 Å². The number of nitrogens with two attached hydrogens (primary N) is 2. The predicted octanol–water partition coefficient (Wildman–Crippen LogP) is -0.744. The molecule has 0 fully saturated rings. The molecule has 0 aliphatic carbocycles. The van der Waals surface area contributed by atoms with Crippen molar-refractivity contribution in [2.75, 3.05) is 32.2 Å². The van der Waals surface area contributed by atoms with E-state index in [0.717, 1.165) is 0 Å². The van der Waals surface area contributed by atoms with Crippen molar-refractivity contribution >= 4 is 21.6 Å². The van der Waals surface area contributed by atoms with Gasteiger partial charge < -0.3 is 20.5 Å². The van der Waals surface area contributed by atoms with Gasteiger partial charge in [-0.15, -0.1) is 0 Å². The summed E-state index contributed by atoms with van der Waals surface area (Å²) in [5, 5.41) is 7.51. The molecule has 0 unspecified atom stereocenters. The van der Waals surface area contributed by atoms with E-state index in [1.54, 1.807) is 0 Å². The van der Waals surface area contributed by atoms with Gasteiger partial charge in [0.05, 0.1) is 24.3 Å². The van der Waals surface area contributed by atoms with E-state index in [9.17, 15) is 13.2 Å². The molecule has 5 N–H and O–H groups in total. The Morgan fingerprint density at radius 2 is 2.10 bits per heavy atom. The van der Waals surface area contributed by atoms with Crippen LogP contribution in [0.4, 0.5) is 5.69 Å². The van der Waals surface area contributed by atoms with Crippen LogP contribution in [0.3, 0.4) is 0 Å². The van der Waals surface area contributed by atoms with E-state index in [2.05, 4.69) is 5.32 Å². The molecule has 0 aromatic heterocycles. The number of nitrogens with one attached hydrogen (secondary N) is 1. The third kappa shape index (κ3) is 4.78. The summed E-state index contributed by atoms with van der Waals surface area (Å²) in [6.45, 7) is 0.360. The van der Waals surface area contributed by atoms with Gasteiger partial charge in [0.1, 0.15) is 12.4 Å². The molecule has 0 saturated carbocycles. The summed E-state index contributed by atoms with van der Waals surface area (Å²) in [7, 11) is -2.47. The average molecular weight is 303 g/mol. The Morgan fingerprint density at radius 3 is 2.65 bits per heavy atom. The van der Waals surface area contributed by atoms with Crippen LogP contribution in [0.2, 0.25) is 0 Å². The van der Waals surface area contributed by atoms with Gasteiger partial charge >= 0.3 is 0 Å². The zero-order valence-corrected chi connectivity index (χ0v) is 11.8. The first-order chi connectivity index (χ1) is 9.38. The van der Waals surface area contributed by atoms with Crippen molar-refractivity contribution in [3.05, 3.63) is 18.2 Å². The fraction of sp³-hybridized carbons (Fsp3) is 0.364. The molecule has 0 spiro atoms. The Labute approximate surface area is 117 Å². The molecule has 8 nitrogen and oxygen atoms in total. The lowest BCUT2D eigenvalue weighted by Crippen LogP contribution is -2.21. The van der Waals surface area contributed by atoms with E-state index in [4.69, 9.17) is 20.3 Å². The van der Waals surface area contributed by atoms with Crippen LogP contribution in [0, 0.1) is 0 Å². The number of benzene rings is 1. The van der Waals surface area contributed by atoms with Crippen molar-refractivity contribution in [1.29, 1.82) is 0 Å². The number of ether oxygens (including phenoxy) is 2. The maximum absolute atomic E-state index is 11.6. The number of rotatable bonds is 7. The Hall–Kier alpha value is -1.68. The number of carbonyl (C=O) groups is 1. The largest absolute Gasteiger partial charge is 0.495 e. The predicted molar refractivity (Wildman–Crippen MR) is 72.9 cm³/mol. The Morgan fingerprint density at radius 1 is 1.40 bits per heavy atom. The van der Waals surface area contributed by atoms with E-state index in [-0.39, 0.29) is 23.8 Å². The number of anilines is 1. The topological polar surface area (TPSA) is 134 Å². The first-order valence-corrected chi connectivity index (χ1v) is 7.21. The maximum atomic E-state index is 11.6. The lowest BCUT2D eigenvalue weighted by Gasteiger charge is -2.11. The third-order valence-corrected chi connectivity index (χ3v) is 3.18. The van der Waals surface area contributed by atoms with Gasteiger partial charge in [-0.05, 0) is 18.2 Å². The van der Waals surface area contributed by atoms with Crippen LogP contribution in [-0.4, -0.2) is 41.2 Å². The number of hydrogen-bond acceptors (Lipinski definition) is 6. The molecule has 1 aromatic rings. The number of sulfonamides is 1. The molecule has 0 bridgehead atoms. The number of primary sulfonamides is 1. The van der Waals surface area contributed by atoms with Crippen LogP contribution in [0.25, 0.3) is 0 Å². The lowest BCUT2D eigenvalue weighted by molar-refractivity contribution is -0.120. The molecule has 0 atom stereocenters. The van der Waals surface area contributed by atoms with E-state index in [1.807, 2.05) is 0 Å². The Bertz CT molecular complexity index is 573. The van der Waals surface area contributed by atoms with Crippen molar-refractivity contribution in [1.82, 2.24) is 0 Å². The van der Waals surface area contributed by atoms with Crippen molar-refractivity contribution in [3.63, 3.8) is 0 Å². The van der Waals surface area contributed by atoms with Crippen molar-refractivity contribution in [2.24, 2.45) is 10.9 Å². The van der Waals surface area contributed by atoms with Crippen LogP contribution in [-0.2, 0) is 19.6 Å². The molecule has 1 rings (SSSR count). The first kappa shape index (κ1) is 16.4. The monoisotopic (exact) mass is 303 g/mol. The highest BCUT2D eigenvalue weighted by Gasteiger charge is 2.13. The van der Waals surface area contributed by atoms with Crippen LogP contribution >= 0.6 is 0 Å². The minimum Gasteiger partial charge on any atom is -0.495 e. The summed E-state index contributed by atoms with van der Waals surface area (Å²) in [5.41, 5.74) is 5.42. The summed E-state index contributed by atoms with van der Waals surface area (Å²) in [6.07, 6.45) is 0. The number of methoxy groups -OCH3 is 1. The van der Waals surface area contributed by atoms with Gasteiger partial charge in [0.2, 0.25) is 15.9 Å². The molecule has 1 amide bonds. The van der Waals surface area contributed by atoms with Gasteiger partial charge in [0.25, 0.3) is 0 Å². The lowest BCUT2D eigenvalue weighted by atomic mass is 10.3. The molecule has 0 aliphatic rings. The Balaban J connectivity index is 2.89. The second-order valence-corrected chi connectivity index (χ2v) is 5.36. The van der Waals surface area contributed by atoms with Crippen LogP contribution in [0.5, 0.6) is 5.75 Å². The van der Waals surface area contributed by atoms with Crippen LogP contribution in [0.1, 0.15) is 0 Å². The number of carbonyl (C=O) groups excluding carboxylic acids is 1. The molecule has 0 radical (unpaired) electrons. The molecule has 0 aliphatic heterocycles. The molecular formula is C11H17N3O5S. The van der Waals surface area contributed by atoms with Crippen molar-refractivity contribution in [3.8, 4) is 5.75 Å². The normalized spacial score (nSPS) is 11.2. The zero-order chi connectivity index (χ0) is 15.2. The first-order valence-electron chi connectivity index (χ1n) is 5.67. The summed E-state index contributed by atoms with van der Waals surface area (Å²) >= 11 is 0. The summed E-state index contributed by atoms with van der Waals surface area (Å²) in [6, 6.07) is 3.90. The SMILES string of the molecule is COc1ccc(S(N)(=O)=O)cc1NC(=O)COCCN. The molecule has 9 heteroatoms. The fourth-order valence-electron chi connectivity index (χ4n) is 1.40. The molecule has 0 saturated heterocycles. The average Bonchev–Trinajstić information content (AvgIpc) is 2.38. The number of amides is 1. The van der Waals surface area contributed by atoms with E-state index >= 15 is 0 Å². The molecule has 20 heavy (non-hydrogen) atoms. The van der Waals surface area contributed by atoms with Gasteiger partial charge in [0, 0.05) is 6.54 Å². The minimum absolute atomic E-state index is 0.128. The van der Waals surface area contributed by atoms with Crippen molar-refractivity contribution < 1.29 is 22.7 Å². The molecule has 112 valence electrons. The van der Waals surface area contributed by atoms with Crippen LogP contribution < -0.4 is 20.9 Å². The second kappa shape index (κ2) is 7.20. The smallest absolute Gasteiger partial charge is 0.250 e. The highest BCUT2D eigenvalue weighted by atomic mass is 32.2. The number of hydrogen-bond donors (Lipinski definition) is 3. The quantitative estimate of drug-likeness (QED) is 0.568. The summed E-state index contributed by atoms with van der Waals surface area (Å²) in [4.78, 5) is 11.5. The van der Waals surface area contributed by atoms with Crippen molar-refractivity contribution in [2.45, 2.75) is 4.90 Å². The van der Waals surface area contributed by atoms with Gasteiger partial charge in [-0.2, -0.15) is 0 Å². The second-order valence-electron chi connectivity index (χ2n) is 3.80. The third-order valence-electron chi connectivity index (χ3n) is 2.27. The molecular weight excluding hydrogens is 286 g/mol. The highest BCUT2D eigenvalue weighted by Crippen LogP contribution is 2.26. The van der Waals surface area contributed by atoms with Crippen LogP contribution in [0.15, 0.2) is 23.1 Å². The highest BCUT2D eigenvalue weighted by molar-refractivity contribution is 7.89. The summed E-state index contributed by atoms with van der Waals surface area (Å²) < 4.78 is 32.5. The Kier molecular flexibility index (Phi) is 5.89. The van der Waals surface area contributed by atoms with Gasteiger partial charge in [0.15, 0.2) is 0 Å². The molecule has 1 aromatic carbocycles. The molecule has 0 heterocycles. The fourth-order valence-corrected chi connectivity index (χ4v) is 1.94. The summed E-state index contributed by atoms with van der Waals surface area (Å²) in [5.74, 6) is -0.145. The van der Waals surface area contributed by atoms with E-state index in [1.165, 1.54) is 25.3 Å².